The fourth-order valence-corrected chi connectivity index (χ4v) is 3.60. The number of carbonyl (C=O) groups excluding carboxylic acids is 1. The molecule has 3 N–H and O–H groups in total. The highest BCUT2D eigenvalue weighted by Gasteiger charge is 2.43. The molecule has 0 bridgehead atoms. The number of halogens is 1. The molecule has 0 spiro atoms. The van der Waals surface area contributed by atoms with Crippen LogP contribution in [0.5, 0.6) is 0 Å². The SMILES string of the molecule is Nc1ccc(C(=O)N2CCC3(O)CCCCC3C2)cc1F. The van der Waals surface area contributed by atoms with Crippen molar-refractivity contribution in [3.8, 4) is 0 Å². The number of benzene rings is 1. The van der Waals surface area contributed by atoms with Gasteiger partial charge in [-0.25, -0.2) is 4.39 Å². The maximum Gasteiger partial charge on any atom is 0.253 e. The van der Waals surface area contributed by atoms with E-state index < -0.39 is 11.4 Å². The van der Waals surface area contributed by atoms with Crippen molar-refractivity contribution in [2.75, 3.05) is 18.8 Å². The first-order valence-electron chi connectivity index (χ1n) is 7.56. The molecule has 2 atom stereocenters. The van der Waals surface area contributed by atoms with E-state index in [1.807, 2.05) is 0 Å². The van der Waals surface area contributed by atoms with Crippen LogP contribution >= 0.6 is 0 Å². The Morgan fingerprint density at radius 3 is 2.95 bits per heavy atom. The van der Waals surface area contributed by atoms with Crippen LogP contribution in [0.1, 0.15) is 42.5 Å². The van der Waals surface area contributed by atoms with E-state index in [1.165, 1.54) is 12.1 Å². The minimum Gasteiger partial charge on any atom is -0.396 e. The highest BCUT2D eigenvalue weighted by atomic mass is 19.1. The summed E-state index contributed by atoms with van der Waals surface area (Å²) in [5.74, 6) is -0.601. The number of hydrogen-bond donors (Lipinski definition) is 2. The minimum absolute atomic E-state index is 0.0480. The lowest BCUT2D eigenvalue weighted by Crippen LogP contribution is -2.54. The number of nitrogens with two attached hydrogens (primary N) is 1. The predicted molar refractivity (Wildman–Crippen MR) is 78.2 cm³/mol. The van der Waals surface area contributed by atoms with E-state index in [-0.39, 0.29) is 17.5 Å². The Kier molecular flexibility index (Phi) is 3.61. The average molecular weight is 292 g/mol. The maximum atomic E-state index is 13.5. The first-order chi connectivity index (χ1) is 9.99. The first-order valence-corrected chi connectivity index (χ1v) is 7.56. The molecule has 1 saturated heterocycles. The quantitative estimate of drug-likeness (QED) is 0.780. The van der Waals surface area contributed by atoms with Crippen LogP contribution in [-0.4, -0.2) is 34.6 Å². The minimum atomic E-state index is -0.610. The van der Waals surface area contributed by atoms with Crippen molar-refractivity contribution >= 4 is 11.6 Å². The number of hydrogen-bond acceptors (Lipinski definition) is 3. The molecule has 5 heteroatoms. The molecule has 1 amide bonds. The summed E-state index contributed by atoms with van der Waals surface area (Å²) in [5, 5.41) is 10.6. The average Bonchev–Trinajstić information content (AvgIpc) is 2.48. The van der Waals surface area contributed by atoms with E-state index >= 15 is 0 Å². The van der Waals surface area contributed by atoms with Gasteiger partial charge in [0.15, 0.2) is 0 Å². The van der Waals surface area contributed by atoms with E-state index in [9.17, 15) is 14.3 Å². The molecule has 4 nitrogen and oxygen atoms in total. The largest absolute Gasteiger partial charge is 0.396 e. The number of nitrogen functional groups attached to an aromatic ring is 1. The molecular weight excluding hydrogens is 271 g/mol. The molecule has 1 saturated carbocycles. The smallest absolute Gasteiger partial charge is 0.253 e. The van der Waals surface area contributed by atoms with Crippen molar-refractivity contribution in [3.63, 3.8) is 0 Å². The van der Waals surface area contributed by atoms with Crippen molar-refractivity contribution in [1.82, 2.24) is 4.90 Å². The van der Waals surface area contributed by atoms with Gasteiger partial charge in [0.2, 0.25) is 0 Å². The second-order valence-electron chi connectivity index (χ2n) is 6.28. The second-order valence-corrected chi connectivity index (χ2v) is 6.28. The van der Waals surface area contributed by atoms with Crippen LogP contribution in [0.2, 0.25) is 0 Å². The zero-order valence-electron chi connectivity index (χ0n) is 12.0. The van der Waals surface area contributed by atoms with Crippen molar-refractivity contribution in [1.29, 1.82) is 0 Å². The van der Waals surface area contributed by atoms with Gasteiger partial charge in [0.1, 0.15) is 5.82 Å². The van der Waals surface area contributed by atoms with E-state index in [0.717, 1.165) is 25.7 Å². The summed E-state index contributed by atoms with van der Waals surface area (Å²) in [6.45, 7) is 1.08. The third-order valence-corrected chi connectivity index (χ3v) is 4.96. The number of carbonyl (C=O) groups is 1. The summed E-state index contributed by atoms with van der Waals surface area (Å²) in [4.78, 5) is 14.2. The second kappa shape index (κ2) is 5.30. The number of amides is 1. The number of piperidine rings is 1. The molecule has 1 aliphatic heterocycles. The first kappa shape index (κ1) is 14.3. The van der Waals surface area contributed by atoms with Crippen molar-refractivity contribution in [2.45, 2.75) is 37.7 Å². The summed E-state index contributed by atoms with van der Waals surface area (Å²) in [6, 6.07) is 4.17. The van der Waals surface area contributed by atoms with Crippen LogP contribution in [0, 0.1) is 11.7 Å². The number of nitrogens with zero attached hydrogens (tertiary/aromatic N) is 1. The summed E-state index contributed by atoms with van der Waals surface area (Å²) >= 11 is 0. The van der Waals surface area contributed by atoms with Crippen LogP contribution in [0.3, 0.4) is 0 Å². The third kappa shape index (κ3) is 2.62. The lowest BCUT2D eigenvalue weighted by atomic mass is 9.71. The Balaban J connectivity index is 1.75. The standard InChI is InChI=1S/C16H21FN2O2/c17-13-9-11(4-5-14(13)18)15(20)19-8-7-16(21)6-2-1-3-12(16)10-19/h4-5,9,12,21H,1-3,6-8,10,18H2. The molecule has 114 valence electrons. The molecule has 0 radical (unpaired) electrons. The van der Waals surface area contributed by atoms with Gasteiger partial charge in [0.25, 0.3) is 5.91 Å². The zero-order chi connectivity index (χ0) is 15.0. The van der Waals surface area contributed by atoms with E-state index in [2.05, 4.69) is 0 Å². The molecule has 1 aliphatic carbocycles. The Labute approximate surface area is 123 Å². The lowest BCUT2D eigenvalue weighted by Gasteiger charge is -2.47. The monoisotopic (exact) mass is 292 g/mol. The molecule has 1 heterocycles. The van der Waals surface area contributed by atoms with Crippen LogP contribution in [0.25, 0.3) is 0 Å². The van der Waals surface area contributed by atoms with Gasteiger partial charge in [-0.05, 0) is 37.5 Å². The van der Waals surface area contributed by atoms with Gasteiger partial charge in [0.05, 0.1) is 11.3 Å². The van der Waals surface area contributed by atoms with Crippen LogP contribution in [0.4, 0.5) is 10.1 Å². The van der Waals surface area contributed by atoms with E-state index in [4.69, 9.17) is 5.73 Å². The van der Waals surface area contributed by atoms with Gasteiger partial charge < -0.3 is 15.7 Å². The molecule has 3 rings (SSSR count). The fraction of sp³-hybridized carbons (Fsp3) is 0.562. The van der Waals surface area contributed by atoms with E-state index in [1.54, 1.807) is 11.0 Å². The summed E-state index contributed by atoms with van der Waals surface area (Å²) < 4.78 is 13.5. The van der Waals surface area contributed by atoms with Gasteiger partial charge >= 0.3 is 0 Å². The molecule has 21 heavy (non-hydrogen) atoms. The summed E-state index contributed by atoms with van der Waals surface area (Å²) in [5.41, 5.74) is 5.20. The zero-order valence-corrected chi connectivity index (χ0v) is 12.0. The number of fused-ring (bicyclic) bond motifs is 1. The van der Waals surface area contributed by atoms with Gasteiger partial charge in [-0.1, -0.05) is 12.8 Å². The maximum absolute atomic E-state index is 13.5. The number of rotatable bonds is 1. The number of likely N-dealkylation sites (tertiary alicyclic amines) is 1. The van der Waals surface area contributed by atoms with Crippen LogP contribution in [0.15, 0.2) is 18.2 Å². The highest BCUT2D eigenvalue weighted by molar-refractivity contribution is 5.94. The molecule has 1 aromatic rings. The number of aliphatic hydroxyl groups is 1. The van der Waals surface area contributed by atoms with Crippen molar-refractivity contribution in [2.24, 2.45) is 5.92 Å². The van der Waals surface area contributed by atoms with Gasteiger partial charge in [0, 0.05) is 24.6 Å². The van der Waals surface area contributed by atoms with Crippen molar-refractivity contribution < 1.29 is 14.3 Å². The third-order valence-electron chi connectivity index (χ3n) is 4.96. The van der Waals surface area contributed by atoms with Crippen LogP contribution < -0.4 is 5.73 Å². The van der Waals surface area contributed by atoms with Gasteiger partial charge in [-0.2, -0.15) is 0 Å². The van der Waals surface area contributed by atoms with Crippen molar-refractivity contribution in [3.05, 3.63) is 29.6 Å². The normalized spacial score (nSPS) is 29.0. The number of anilines is 1. The molecule has 1 aromatic carbocycles. The Morgan fingerprint density at radius 1 is 1.38 bits per heavy atom. The highest BCUT2D eigenvalue weighted by Crippen LogP contribution is 2.40. The predicted octanol–water partition coefficient (Wildman–Crippen LogP) is 2.18. The molecule has 2 unspecified atom stereocenters. The molecule has 2 fully saturated rings. The van der Waals surface area contributed by atoms with Gasteiger partial charge in [-0.3, -0.25) is 4.79 Å². The topological polar surface area (TPSA) is 66.6 Å². The summed E-state index contributed by atoms with van der Waals surface area (Å²) in [6.07, 6.45) is 4.56. The van der Waals surface area contributed by atoms with Gasteiger partial charge in [-0.15, -0.1) is 0 Å². The molecular formula is C16H21FN2O2. The van der Waals surface area contributed by atoms with E-state index in [0.29, 0.717) is 25.1 Å². The summed E-state index contributed by atoms with van der Waals surface area (Å²) in [7, 11) is 0. The Bertz CT molecular complexity index is 563. The Hall–Kier alpha value is -1.62. The molecule has 2 aliphatic rings. The van der Waals surface area contributed by atoms with Crippen LogP contribution in [-0.2, 0) is 0 Å². The lowest BCUT2D eigenvalue weighted by molar-refractivity contribution is -0.0886. The Morgan fingerprint density at radius 2 is 2.19 bits per heavy atom. The molecule has 0 aromatic heterocycles. The fourth-order valence-electron chi connectivity index (χ4n) is 3.60.